The van der Waals surface area contributed by atoms with Crippen LogP contribution < -0.4 is 51.4 Å². The van der Waals surface area contributed by atoms with E-state index in [0.29, 0.717) is 0 Å². The molecule has 1 saturated carbocycles. The van der Waals surface area contributed by atoms with Crippen molar-refractivity contribution in [2.24, 2.45) is 0 Å². The van der Waals surface area contributed by atoms with Gasteiger partial charge in [0.1, 0.15) is 5.25 Å². The van der Waals surface area contributed by atoms with E-state index in [1.807, 2.05) is 0 Å². The quantitative estimate of drug-likeness (QED) is 0.362. The molecule has 0 saturated heterocycles. The number of carbonyl (C=O) groups is 1. The van der Waals surface area contributed by atoms with Crippen molar-refractivity contribution in [3.05, 3.63) is 0 Å². The van der Waals surface area contributed by atoms with E-state index in [4.69, 9.17) is 9.66 Å². The minimum atomic E-state index is -4.32. The van der Waals surface area contributed by atoms with Crippen molar-refractivity contribution in [3.8, 4) is 0 Å². The zero-order valence-corrected chi connectivity index (χ0v) is 11.2. The SMILES string of the molecule is O=C1CCC(O)CC1S(=O)(=O)O.[H-].[K+]. The second kappa shape index (κ2) is 5.31. The van der Waals surface area contributed by atoms with Crippen LogP contribution in [0.25, 0.3) is 0 Å². The van der Waals surface area contributed by atoms with Gasteiger partial charge in [0, 0.05) is 6.42 Å². The van der Waals surface area contributed by atoms with Crippen LogP contribution in [0.4, 0.5) is 0 Å². The van der Waals surface area contributed by atoms with Crippen molar-refractivity contribution in [1.82, 2.24) is 0 Å². The van der Waals surface area contributed by atoms with Crippen LogP contribution in [-0.2, 0) is 14.9 Å². The fourth-order valence-electron chi connectivity index (χ4n) is 1.25. The van der Waals surface area contributed by atoms with Crippen LogP contribution in [0, 0.1) is 0 Å². The minimum absolute atomic E-state index is 0. The van der Waals surface area contributed by atoms with Crippen molar-refractivity contribution in [2.45, 2.75) is 30.6 Å². The van der Waals surface area contributed by atoms with Gasteiger partial charge in [-0.3, -0.25) is 9.35 Å². The summed E-state index contributed by atoms with van der Waals surface area (Å²) in [7, 11) is -4.32. The van der Waals surface area contributed by atoms with Crippen molar-refractivity contribution in [3.63, 3.8) is 0 Å². The molecule has 0 aromatic carbocycles. The fourth-order valence-corrected chi connectivity index (χ4v) is 2.17. The van der Waals surface area contributed by atoms with E-state index in [1.165, 1.54) is 0 Å². The molecule has 0 heterocycles. The zero-order valence-electron chi connectivity index (χ0n) is 8.30. The number of hydrogen-bond donors (Lipinski definition) is 2. The summed E-state index contributed by atoms with van der Waals surface area (Å²) in [5.74, 6) is -0.511. The third-order valence-electron chi connectivity index (χ3n) is 1.93. The average molecular weight is 234 g/mol. The normalized spacial score (nSPS) is 29.5. The van der Waals surface area contributed by atoms with E-state index in [2.05, 4.69) is 0 Å². The summed E-state index contributed by atoms with van der Waals surface area (Å²) >= 11 is 0. The van der Waals surface area contributed by atoms with E-state index in [9.17, 15) is 13.2 Å². The predicted octanol–water partition coefficient (Wildman–Crippen LogP) is -3.53. The molecular weight excluding hydrogens is 223 g/mol. The summed E-state index contributed by atoms with van der Waals surface area (Å²) in [5, 5.41) is 7.62. The molecule has 0 radical (unpaired) electrons. The molecular formula is C6H11KO5S. The van der Waals surface area contributed by atoms with Crippen molar-refractivity contribution < 1.29 is 75.7 Å². The predicted molar refractivity (Wildman–Crippen MR) is 41.3 cm³/mol. The maximum atomic E-state index is 10.9. The van der Waals surface area contributed by atoms with Crippen molar-refractivity contribution in [1.29, 1.82) is 0 Å². The molecule has 5 nitrogen and oxygen atoms in total. The molecule has 0 aromatic heterocycles. The van der Waals surface area contributed by atoms with Crippen LogP contribution in [0.2, 0.25) is 0 Å². The van der Waals surface area contributed by atoms with Gasteiger partial charge in [0.2, 0.25) is 0 Å². The van der Waals surface area contributed by atoms with Crippen LogP contribution in [0.5, 0.6) is 0 Å². The van der Waals surface area contributed by atoms with Gasteiger partial charge in [0.05, 0.1) is 6.10 Å². The summed E-state index contributed by atoms with van der Waals surface area (Å²) in [4.78, 5) is 10.9. The summed E-state index contributed by atoms with van der Waals surface area (Å²) < 4.78 is 29.7. The molecule has 1 fully saturated rings. The van der Waals surface area contributed by atoms with Crippen LogP contribution >= 0.6 is 0 Å². The molecule has 7 heteroatoms. The molecule has 1 rings (SSSR count). The largest absolute Gasteiger partial charge is 1.00 e. The topological polar surface area (TPSA) is 91.7 Å². The first-order chi connectivity index (χ1) is 5.41. The third kappa shape index (κ3) is 4.04. The van der Waals surface area contributed by atoms with E-state index in [0.717, 1.165) is 0 Å². The van der Waals surface area contributed by atoms with Gasteiger partial charge in [-0.25, -0.2) is 0 Å². The van der Waals surface area contributed by atoms with E-state index < -0.39 is 27.3 Å². The molecule has 0 amide bonds. The number of aliphatic hydroxyl groups is 1. The van der Waals surface area contributed by atoms with Gasteiger partial charge in [-0.1, -0.05) is 0 Å². The average Bonchev–Trinajstić information content (AvgIpc) is 1.92. The van der Waals surface area contributed by atoms with Gasteiger partial charge >= 0.3 is 51.4 Å². The Morgan fingerprint density at radius 3 is 2.38 bits per heavy atom. The van der Waals surface area contributed by atoms with Crippen LogP contribution in [-0.4, -0.2) is 35.2 Å². The minimum Gasteiger partial charge on any atom is -1.00 e. The summed E-state index contributed by atoms with van der Waals surface area (Å²) in [5.41, 5.74) is 0. The van der Waals surface area contributed by atoms with Gasteiger partial charge in [0.25, 0.3) is 10.1 Å². The number of Topliss-reactive ketones (excluding diaryl/α,β-unsaturated/α-hetero) is 1. The zero-order chi connectivity index (χ0) is 9.35. The number of rotatable bonds is 1. The molecule has 13 heavy (non-hydrogen) atoms. The molecule has 1 aliphatic rings. The molecule has 0 spiro atoms. The Balaban J connectivity index is 0. The molecule has 0 bridgehead atoms. The molecule has 2 unspecified atom stereocenters. The third-order valence-corrected chi connectivity index (χ3v) is 3.10. The van der Waals surface area contributed by atoms with Gasteiger partial charge in [0.15, 0.2) is 5.78 Å². The molecule has 0 aromatic rings. The van der Waals surface area contributed by atoms with E-state index in [1.54, 1.807) is 0 Å². The Morgan fingerprint density at radius 2 is 2.00 bits per heavy atom. The summed E-state index contributed by atoms with van der Waals surface area (Å²) in [6.07, 6.45) is -0.677. The Kier molecular flexibility index (Phi) is 5.79. The first-order valence-electron chi connectivity index (χ1n) is 3.58. The smallest absolute Gasteiger partial charge is 1.00 e. The monoisotopic (exact) mass is 234 g/mol. The summed E-state index contributed by atoms with van der Waals surface area (Å²) in [6.45, 7) is 0. The van der Waals surface area contributed by atoms with Crippen LogP contribution in [0.3, 0.4) is 0 Å². The second-order valence-electron chi connectivity index (χ2n) is 2.90. The second-order valence-corrected chi connectivity index (χ2v) is 4.50. The van der Waals surface area contributed by atoms with Crippen molar-refractivity contribution in [2.75, 3.05) is 0 Å². The molecule has 0 aliphatic heterocycles. The van der Waals surface area contributed by atoms with Crippen LogP contribution in [0.15, 0.2) is 0 Å². The fraction of sp³-hybridized carbons (Fsp3) is 0.833. The molecule has 2 N–H and O–H groups in total. The summed E-state index contributed by atoms with van der Waals surface area (Å²) in [6, 6.07) is 0. The van der Waals surface area contributed by atoms with Crippen LogP contribution in [0.1, 0.15) is 20.7 Å². The van der Waals surface area contributed by atoms with E-state index >= 15 is 0 Å². The Bertz CT molecular complexity index is 291. The van der Waals surface area contributed by atoms with Gasteiger partial charge in [-0.2, -0.15) is 8.42 Å². The number of carbonyl (C=O) groups excluding carboxylic acids is 1. The number of ketones is 1. The van der Waals surface area contributed by atoms with Gasteiger partial charge in [-0.05, 0) is 12.8 Å². The Morgan fingerprint density at radius 1 is 1.46 bits per heavy atom. The number of aliphatic hydroxyl groups excluding tert-OH is 1. The first kappa shape index (κ1) is 14.2. The molecule has 72 valence electrons. The molecule has 2 atom stereocenters. The Labute approximate surface area is 121 Å². The Hall–Kier alpha value is 1.18. The number of hydrogen-bond acceptors (Lipinski definition) is 4. The van der Waals surface area contributed by atoms with Gasteiger partial charge in [-0.15, -0.1) is 0 Å². The van der Waals surface area contributed by atoms with Gasteiger partial charge < -0.3 is 6.53 Å². The maximum absolute atomic E-state index is 10.9. The molecule has 1 aliphatic carbocycles. The van der Waals surface area contributed by atoms with Crippen molar-refractivity contribution >= 4 is 15.9 Å². The standard InChI is InChI=1S/C6H10O5S.K.H/c7-4-1-2-5(8)6(3-4)12(9,10)11;;/h4,6-7H,1-3H2,(H,9,10,11);;/q;+1;-1. The first-order valence-corrected chi connectivity index (χ1v) is 5.08. The maximum Gasteiger partial charge on any atom is 1.00 e. The van der Waals surface area contributed by atoms with E-state index in [-0.39, 0.29) is 72.1 Å².